The first-order valence-electron chi connectivity index (χ1n) is 8.78. The van der Waals surface area contributed by atoms with Crippen LogP contribution in [0, 0.1) is 20.7 Å². The van der Waals surface area contributed by atoms with Gasteiger partial charge in [0.15, 0.2) is 5.79 Å². The van der Waals surface area contributed by atoms with Gasteiger partial charge in [0, 0.05) is 16.1 Å². The van der Waals surface area contributed by atoms with E-state index >= 15 is 0 Å². The number of nitriles is 1. The van der Waals surface area contributed by atoms with Crippen LogP contribution >= 0.6 is 22.6 Å². The molecule has 0 N–H and O–H groups in total. The predicted octanol–water partition coefficient (Wildman–Crippen LogP) is 4.81. The number of halogens is 2. The Hall–Kier alpha value is -1.69. The van der Waals surface area contributed by atoms with Crippen LogP contribution in [0.2, 0.25) is 0 Å². The van der Waals surface area contributed by atoms with Gasteiger partial charge >= 0.3 is 0 Å². The van der Waals surface area contributed by atoms with E-state index in [-0.39, 0.29) is 11.9 Å². The summed E-state index contributed by atoms with van der Waals surface area (Å²) >= 11 is 2.23. The molecule has 0 unspecified atom stereocenters. The van der Waals surface area contributed by atoms with E-state index in [9.17, 15) is 9.65 Å². The number of rotatable bonds is 6. The molecule has 0 amide bonds. The minimum Gasteiger partial charge on any atom is -0.492 e. The van der Waals surface area contributed by atoms with Gasteiger partial charge in [-0.1, -0.05) is 12.1 Å². The number of hydrogen-bond acceptors (Lipinski definition) is 4. The van der Waals surface area contributed by atoms with Crippen molar-refractivity contribution in [1.82, 2.24) is 0 Å². The van der Waals surface area contributed by atoms with Crippen molar-refractivity contribution in [1.29, 1.82) is 5.26 Å². The molecule has 1 heterocycles. The topological polar surface area (TPSA) is 51.5 Å². The Bertz CT molecular complexity index is 846. The predicted molar refractivity (Wildman–Crippen MR) is 108 cm³/mol. The maximum Gasteiger partial charge on any atom is 0.163 e. The van der Waals surface area contributed by atoms with Crippen LogP contribution in [0.15, 0.2) is 36.4 Å². The van der Waals surface area contributed by atoms with Crippen molar-refractivity contribution in [3.05, 3.63) is 62.5 Å². The van der Waals surface area contributed by atoms with Gasteiger partial charge in [-0.3, -0.25) is 0 Å². The fraction of sp³-hybridized carbons (Fsp3) is 0.381. The average molecular weight is 481 g/mol. The Morgan fingerprint density at radius 2 is 2.04 bits per heavy atom. The minimum absolute atomic E-state index is 0.0645. The Morgan fingerprint density at radius 3 is 2.67 bits per heavy atom. The summed E-state index contributed by atoms with van der Waals surface area (Å²) in [7, 11) is 0. The summed E-state index contributed by atoms with van der Waals surface area (Å²) in [5.74, 6) is -0.718. The van der Waals surface area contributed by atoms with Gasteiger partial charge in [0.1, 0.15) is 17.6 Å². The first-order chi connectivity index (χ1) is 12.9. The minimum atomic E-state index is -0.581. The van der Waals surface area contributed by atoms with Crippen LogP contribution in [0.4, 0.5) is 4.39 Å². The normalized spacial score (nSPS) is 18.3. The van der Waals surface area contributed by atoms with Crippen LogP contribution in [0.25, 0.3) is 0 Å². The lowest BCUT2D eigenvalue weighted by atomic mass is 9.99. The van der Waals surface area contributed by atoms with Gasteiger partial charge in [-0.25, -0.2) is 4.39 Å². The number of hydrogen-bond donors (Lipinski definition) is 0. The van der Waals surface area contributed by atoms with E-state index in [1.54, 1.807) is 0 Å². The third-order valence-corrected chi connectivity index (χ3v) is 5.05. The summed E-state index contributed by atoms with van der Waals surface area (Å²) in [6.45, 7) is 4.56. The SMILES string of the molecule is CC1(C)OC[C@@H](CCOc2cc(F)cc(Cc3ccc(I)cc3)c2C#N)O1. The highest BCUT2D eigenvalue weighted by molar-refractivity contribution is 14.1. The second-order valence-electron chi connectivity index (χ2n) is 6.94. The highest BCUT2D eigenvalue weighted by Crippen LogP contribution is 2.28. The second kappa shape index (κ2) is 8.55. The van der Waals surface area contributed by atoms with Crippen molar-refractivity contribution in [2.75, 3.05) is 13.2 Å². The van der Waals surface area contributed by atoms with Crippen molar-refractivity contribution < 1.29 is 18.6 Å². The van der Waals surface area contributed by atoms with Gasteiger partial charge in [0.25, 0.3) is 0 Å². The molecular formula is C21H21FINO3. The maximum absolute atomic E-state index is 14.1. The zero-order valence-corrected chi connectivity index (χ0v) is 17.5. The summed E-state index contributed by atoms with van der Waals surface area (Å²) < 4.78 is 32.2. The van der Waals surface area contributed by atoms with Gasteiger partial charge in [0.05, 0.1) is 24.9 Å². The van der Waals surface area contributed by atoms with Crippen molar-refractivity contribution in [2.45, 2.75) is 38.6 Å². The molecule has 2 aromatic carbocycles. The fourth-order valence-electron chi connectivity index (χ4n) is 3.04. The fourth-order valence-corrected chi connectivity index (χ4v) is 3.40. The second-order valence-corrected chi connectivity index (χ2v) is 8.19. The molecule has 0 aliphatic carbocycles. The van der Waals surface area contributed by atoms with Crippen LogP contribution in [0.1, 0.15) is 37.0 Å². The van der Waals surface area contributed by atoms with Crippen molar-refractivity contribution in [2.24, 2.45) is 0 Å². The van der Waals surface area contributed by atoms with Crippen molar-refractivity contribution in [3.8, 4) is 11.8 Å². The molecule has 0 radical (unpaired) electrons. The molecule has 1 atom stereocenters. The number of benzene rings is 2. The molecule has 1 fully saturated rings. The Labute approximate surface area is 172 Å². The lowest BCUT2D eigenvalue weighted by Crippen LogP contribution is -2.22. The van der Waals surface area contributed by atoms with Gasteiger partial charge in [-0.05, 0) is 72.2 Å². The molecule has 1 saturated heterocycles. The Balaban J connectivity index is 1.70. The van der Waals surface area contributed by atoms with Crippen LogP contribution < -0.4 is 4.74 Å². The summed E-state index contributed by atoms with van der Waals surface area (Å²) in [5, 5.41) is 9.59. The molecular weight excluding hydrogens is 460 g/mol. The molecule has 27 heavy (non-hydrogen) atoms. The van der Waals surface area contributed by atoms with E-state index in [1.165, 1.54) is 12.1 Å². The highest BCUT2D eigenvalue weighted by Gasteiger charge is 2.32. The molecule has 1 aliphatic heterocycles. The van der Waals surface area contributed by atoms with Crippen molar-refractivity contribution in [3.63, 3.8) is 0 Å². The third-order valence-electron chi connectivity index (χ3n) is 4.33. The number of ether oxygens (including phenoxy) is 3. The first kappa shape index (κ1) is 20.1. The Morgan fingerprint density at radius 1 is 1.30 bits per heavy atom. The van der Waals surface area contributed by atoms with E-state index in [2.05, 4.69) is 28.7 Å². The molecule has 6 heteroatoms. The molecule has 0 aromatic heterocycles. The molecule has 1 aliphatic rings. The zero-order valence-electron chi connectivity index (χ0n) is 15.3. The lowest BCUT2D eigenvalue weighted by molar-refractivity contribution is -0.139. The molecule has 142 valence electrons. The molecule has 0 saturated carbocycles. The summed E-state index contributed by atoms with van der Waals surface area (Å²) in [6, 6.07) is 12.8. The largest absolute Gasteiger partial charge is 0.492 e. The molecule has 0 spiro atoms. The lowest BCUT2D eigenvalue weighted by Gasteiger charge is -2.17. The third kappa shape index (κ3) is 5.41. The van der Waals surface area contributed by atoms with Crippen LogP contribution in [-0.4, -0.2) is 25.1 Å². The summed E-state index contributed by atoms with van der Waals surface area (Å²) in [5.41, 5.74) is 2.01. The maximum atomic E-state index is 14.1. The van der Waals surface area contributed by atoms with Crippen molar-refractivity contribution >= 4 is 22.6 Å². The quantitative estimate of drug-likeness (QED) is 0.556. The Kier molecular flexibility index (Phi) is 6.35. The van der Waals surface area contributed by atoms with E-state index in [0.717, 1.165) is 9.13 Å². The van der Waals surface area contributed by atoms with E-state index in [4.69, 9.17) is 14.2 Å². The first-order valence-corrected chi connectivity index (χ1v) is 9.86. The highest BCUT2D eigenvalue weighted by atomic mass is 127. The van der Waals surface area contributed by atoms with E-state index in [1.807, 2.05) is 38.1 Å². The van der Waals surface area contributed by atoms with Gasteiger partial charge in [-0.2, -0.15) is 5.26 Å². The van der Waals surface area contributed by atoms with E-state index in [0.29, 0.717) is 37.2 Å². The summed E-state index contributed by atoms with van der Waals surface area (Å²) in [6.07, 6.45) is 1.02. The average Bonchev–Trinajstić information content (AvgIpc) is 2.96. The molecule has 3 rings (SSSR count). The molecule has 2 aromatic rings. The van der Waals surface area contributed by atoms with Gasteiger partial charge in [-0.15, -0.1) is 0 Å². The zero-order chi connectivity index (χ0) is 19.4. The number of nitrogens with zero attached hydrogens (tertiary/aromatic N) is 1. The van der Waals surface area contributed by atoms with Crippen LogP contribution in [-0.2, 0) is 15.9 Å². The van der Waals surface area contributed by atoms with Crippen LogP contribution in [0.5, 0.6) is 5.75 Å². The monoisotopic (exact) mass is 481 g/mol. The molecule has 4 nitrogen and oxygen atoms in total. The van der Waals surface area contributed by atoms with E-state index < -0.39 is 11.6 Å². The van der Waals surface area contributed by atoms with Crippen LogP contribution in [0.3, 0.4) is 0 Å². The van der Waals surface area contributed by atoms with Gasteiger partial charge in [0.2, 0.25) is 0 Å². The molecule has 0 bridgehead atoms. The summed E-state index contributed by atoms with van der Waals surface area (Å²) in [4.78, 5) is 0. The standard InChI is InChI=1S/C21H21FINO3/c1-21(2)26-13-18(27-21)7-8-25-20-11-16(22)10-15(19(20)12-24)9-14-3-5-17(23)6-4-14/h3-6,10-11,18H,7-9,13H2,1-2H3/t18-/m1/s1. The van der Waals surface area contributed by atoms with Gasteiger partial charge < -0.3 is 14.2 Å². The smallest absolute Gasteiger partial charge is 0.163 e.